The Kier molecular flexibility index (Phi) is 10.5. The number of benzene rings is 2. The third-order valence-corrected chi connectivity index (χ3v) is 6.40. The van der Waals surface area contributed by atoms with Gasteiger partial charge in [0, 0.05) is 17.6 Å². The Balaban J connectivity index is 2.68. The Morgan fingerprint density at radius 3 is 2.02 bits per heavy atom. The van der Waals surface area contributed by atoms with Crippen molar-refractivity contribution in [2.75, 3.05) is 5.32 Å². The Hall–Kier alpha value is -4.08. The van der Waals surface area contributed by atoms with E-state index in [-0.39, 0.29) is 18.6 Å². The molecule has 0 aromatic heterocycles. The van der Waals surface area contributed by atoms with Crippen LogP contribution >= 0.6 is 0 Å². The number of aromatic hydroxyl groups is 1. The lowest BCUT2D eigenvalue weighted by molar-refractivity contribution is -0.147. The Labute approximate surface area is 242 Å². The summed E-state index contributed by atoms with van der Waals surface area (Å²) < 4.78 is 5.37. The standard InChI is InChI=1S/C31H44N4O6/c1-18-11-10-12-19(2)25(18)34-27(38)26(21-13-15-23(36)20(3)17-21)35(30(4,5)6)28(39)22(14-16-24(32)37)33-29(40)41-31(7,8)9/h10-13,15,17,22,26,36H,14,16H2,1-9H3,(H2,32,37)(H,33,40)(H,34,38). The summed E-state index contributed by atoms with van der Waals surface area (Å²) in [6.07, 6.45) is -1.12. The normalized spacial score (nSPS) is 13.1. The van der Waals surface area contributed by atoms with Gasteiger partial charge >= 0.3 is 6.09 Å². The van der Waals surface area contributed by atoms with Gasteiger partial charge in [0.05, 0.1) is 0 Å². The van der Waals surface area contributed by atoms with Crippen molar-refractivity contribution in [1.29, 1.82) is 0 Å². The van der Waals surface area contributed by atoms with Gasteiger partial charge < -0.3 is 31.1 Å². The minimum absolute atomic E-state index is 0.0437. The van der Waals surface area contributed by atoms with Crippen LogP contribution in [0.4, 0.5) is 10.5 Å². The summed E-state index contributed by atoms with van der Waals surface area (Å²) in [5.41, 5.74) is 6.90. The molecule has 41 heavy (non-hydrogen) atoms. The summed E-state index contributed by atoms with van der Waals surface area (Å²) in [4.78, 5) is 54.3. The van der Waals surface area contributed by atoms with Crippen molar-refractivity contribution in [3.63, 3.8) is 0 Å². The number of alkyl carbamates (subject to hydrolysis) is 1. The summed E-state index contributed by atoms with van der Waals surface area (Å²) >= 11 is 0. The second kappa shape index (κ2) is 13.1. The molecule has 2 unspecified atom stereocenters. The van der Waals surface area contributed by atoms with Gasteiger partial charge in [-0.15, -0.1) is 0 Å². The molecule has 0 spiro atoms. The van der Waals surface area contributed by atoms with Crippen molar-refractivity contribution in [3.05, 3.63) is 58.7 Å². The van der Waals surface area contributed by atoms with Gasteiger partial charge in [0.15, 0.2) is 0 Å². The number of anilines is 1. The lowest BCUT2D eigenvalue weighted by Gasteiger charge is -2.43. The zero-order chi connectivity index (χ0) is 31.3. The van der Waals surface area contributed by atoms with Crippen molar-refractivity contribution in [1.82, 2.24) is 10.2 Å². The zero-order valence-corrected chi connectivity index (χ0v) is 25.5. The Morgan fingerprint density at radius 2 is 1.54 bits per heavy atom. The predicted octanol–water partition coefficient (Wildman–Crippen LogP) is 4.78. The predicted molar refractivity (Wildman–Crippen MR) is 158 cm³/mol. The molecule has 5 N–H and O–H groups in total. The van der Waals surface area contributed by atoms with Crippen LogP contribution in [0, 0.1) is 20.8 Å². The van der Waals surface area contributed by atoms with Gasteiger partial charge in [-0.3, -0.25) is 14.4 Å². The second-order valence-electron chi connectivity index (χ2n) is 12.3. The van der Waals surface area contributed by atoms with Gasteiger partial charge in [-0.2, -0.15) is 0 Å². The molecule has 0 saturated carbocycles. The molecule has 224 valence electrons. The lowest BCUT2D eigenvalue weighted by atomic mass is 9.93. The molecule has 10 nitrogen and oxygen atoms in total. The quantitative estimate of drug-likeness (QED) is 0.342. The third-order valence-electron chi connectivity index (χ3n) is 6.40. The fraction of sp³-hybridized carbons (Fsp3) is 0.484. The molecule has 2 rings (SSSR count). The van der Waals surface area contributed by atoms with E-state index in [4.69, 9.17) is 10.5 Å². The number of hydrogen-bond donors (Lipinski definition) is 4. The number of aryl methyl sites for hydroxylation is 3. The molecule has 2 aromatic carbocycles. The van der Waals surface area contributed by atoms with E-state index in [1.165, 1.54) is 11.0 Å². The average Bonchev–Trinajstić information content (AvgIpc) is 2.81. The van der Waals surface area contributed by atoms with Crippen LogP contribution < -0.4 is 16.4 Å². The molecule has 0 heterocycles. The maximum atomic E-state index is 14.3. The number of nitrogens with two attached hydrogens (primary N) is 1. The number of carbonyl (C=O) groups is 4. The number of amides is 4. The fourth-order valence-corrected chi connectivity index (χ4v) is 4.48. The number of carbonyl (C=O) groups excluding carboxylic acids is 4. The van der Waals surface area contributed by atoms with E-state index >= 15 is 0 Å². The highest BCUT2D eigenvalue weighted by atomic mass is 16.6. The van der Waals surface area contributed by atoms with Crippen molar-refractivity contribution in [2.45, 2.75) is 98.4 Å². The van der Waals surface area contributed by atoms with Crippen LogP contribution in [0.2, 0.25) is 0 Å². The third kappa shape index (κ3) is 9.23. The number of nitrogens with zero attached hydrogens (tertiary/aromatic N) is 1. The molecule has 2 atom stereocenters. The minimum Gasteiger partial charge on any atom is -0.508 e. The van der Waals surface area contributed by atoms with Crippen LogP contribution in [0.15, 0.2) is 36.4 Å². The van der Waals surface area contributed by atoms with Gasteiger partial charge in [0.1, 0.15) is 23.4 Å². The lowest BCUT2D eigenvalue weighted by Crippen LogP contribution is -2.58. The summed E-state index contributed by atoms with van der Waals surface area (Å²) in [5.74, 6) is -1.68. The number of phenolic OH excluding ortho intramolecular Hbond substituents is 1. The molecule has 0 bridgehead atoms. The smallest absolute Gasteiger partial charge is 0.408 e. The highest BCUT2D eigenvalue weighted by molar-refractivity contribution is 6.00. The van der Waals surface area contributed by atoms with E-state index in [2.05, 4.69) is 10.6 Å². The average molecular weight is 569 g/mol. The zero-order valence-electron chi connectivity index (χ0n) is 25.5. The Bertz CT molecular complexity index is 1270. The van der Waals surface area contributed by atoms with Gasteiger partial charge in [-0.05, 0) is 103 Å². The van der Waals surface area contributed by atoms with Crippen LogP contribution in [0.25, 0.3) is 0 Å². The molecule has 2 aromatic rings. The first-order valence-corrected chi connectivity index (χ1v) is 13.6. The largest absolute Gasteiger partial charge is 0.508 e. The second-order valence-corrected chi connectivity index (χ2v) is 12.3. The van der Waals surface area contributed by atoms with Crippen LogP contribution in [0.5, 0.6) is 5.75 Å². The first-order valence-electron chi connectivity index (χ1n) is 13.6. The molecule has 4 amide bonds. The van der Waals surface area contributed by atoms with Gasteiger partial charge in [-0.25, -0.2) is 4.79 Å². The molecule has 10 heteroatoms. The van der Waals surface area contributed by atoms with E-state index in [0.29, 0.717) is 16.8 Å². The van der Waals surface area contributed by atoms with Crippen molar-refractivity contribution >= 4 is 29.5 Å². The summed E-state index contributed by atoms with van der Waals surface area (Å²) in [7, 11) is 0. The number of nitrogens with one attached hydrogen (secondary N) is 2. The van der Waals surface area contributed by atoms with Crippen molar-refractivity contribution < 1.29 is 29.0 Å². The van der Waals surface area contributed by atoms with Crippen LogP contribution in [-0.4, -0.2) is 51.0 Å². The number of hydrogen-bond acceptors (Lipinski definition) is 6. The van der Waals surface area contributed by atoms with Crippen LogP contribution in [-0.2, 0) is 19.1 Å². The highest BCUT2D eigenvalue weighted by Gasteiger charge is 2.42. The molecule has 0 radical (unpaired) electrons. The monoisotopic (exact) mass is 568 g/mol. The number of phenols is 1. The minimum atomic E-state index is -1.22. The first-order chi connectivity index (χ1) is 18.8. The number of primary amides is 1. The number of ether oxygens (including phenoxy) is 1. The molecule has 0 aliphatic carbocycles. The van der Waals surface area contributed by atoms with Crippen molar-refractivity contribution in [3.8, 4) is 5.75 Å². The van der Waals surface area contributed by atoms with Gasteiger partial charge in [-0.1, -0.05) is 24.3 Å². The number of rotatable bonds is 9. The summed E-state index contributed by atoms with van der Waals surface area (Å²) in [5, 5.41) is 15.8. The maximum Gasteiger partial charge on any atom is 0.408 e. The number of para-hydroxylation sites is 1. The van der Waals surface area contributed by atoms with Crippen LogP contribution in [0.3, 0.4) is 0 Å². The van der Waals surface area contributed by atoms with E-state index in [0.717, 1.165) is 11.1 Å². The topological polar surface area (TPSA) is 151 Å². The Morgan fingerprint density at radius 1 is 0.951 bits per heavy atom. The molecular weight excluding hydrogens is 524 g/mol. The molecule has 0 saturated heterocycles. The highest BCUT2D eigenvalue weighted by Crippen LogP contribution is 2.34. The SMILES string of the molecule is Cc1cc(C(C(=O)Nc2c(C)cccc2C)N(C(=O)C(CCC(N)=O)NC(=O)OC(C)(C)C)C(C)(C)C)ccc1O. The van der Waals surface area contributed by atoms with E-state index in [1.54, 1.807) is 60.6 Å². The van der Waals surface area contributed by atoms with Crippen LogP contribution in [0.1, 0.15) is 82.7 Å². The fourth-order valence-electron chi connectivity index (χ4n) is 4.48. The molecule has 0 aliphatic heterocycles. The maximum absolute atomic E-state index is 14.3. The summed E-state index contributed by atoms with van der Waals surface area (Å²) in [6, 6.07) is 7.96. The molecule has 0 aliphatic rings. The van der Waals surface area contributed by atoms with E-state index in [9.17, 15) is 24.3 Å². The molecule has 0 fully saturated rings. The van der Waals surface area contributed by atoms with E-state index in [1.807, 2.05) is 32.0 Å². The molecular formula is C31H44N4O6. The van der Waals surface area contributed by atoms with Gasteiger partial charge in [0.25, 0.3) is 5.91 Å². The van der Waals surface area contributed by atoms with E-state index < -0.39 is 47.0 Å². The van der Waals surface area contributed by atoms with Crippen molar-refractivity contribution in [2.24, 2.45) is 5.73 Å². The first kappa shape index (κ1) is 33.1. The summed E-state index contributed by atoms with van der Waals surface area (Å²) in [6.45, 7) is 15.8. The van der Waals surface area contributed by atoms with Gasteiger partial charge in [0.2, 0.25) is 11.8 Å².